The number of imidazole rings is 2. The van der Waals surface area contributed by atoms with Crippen LogP contribution in [0.1, 0.15) is 5.82 Å². The van der Waals surface area contributed by atoms with E-state index in [1.165, 1.54) is 0 Å². The lowest BCUT2D eigenvalue weighted by molar-refractivity contribution is 1.06. The summed E-state index contributed by atoms with van der Waals surface area (Å²) in [6, 6.07) is 14.1. The van der Waals surface area contributed by atoms with Crippen LogP contribution in [-0.2, 0) is 5.75 Å². The molecule has 0 bridgehead atoms. The van der Waals surface area contributed by atoms with Crippen LogP contribution < -0.4 is 0 Å². The third kappa shape index (κ3) is 2.56. The van der Waals surface area contributed by atoms with E-state index in [1.54, 1.807) is 11.8 Å². The van der Waals surface area contributed by atoms with Gasteiger partial charge >= 0.3 is 0 Å². The molecule has 0 radical (unpaired) electrons. The van der Waals surface area contributed by atoms with E-state index >= 15 is 0 Å². The Hall–Kier alpha value is -1.79. The largest absolute Gasteiger partial charge is 0.341 e. The first-order valence-corrected chi connectivity index (χ1v) is 8.27. The van der Waals surface area contributed by atoms with Crippen LogP contribution in [0.5, 0.6) is 0 Å². The molecule has 0 fully saturated rings. The number of aromatic amines is 2. The summed E-state index contributed by atoms with van der Waals surface area (Å²) in [5, 5.41) is 0.906. The number of halogens is 1. The Kier molecular flexibility index (Phi) is 3.20. The van der Waals surface area contributed by atoms with Crippen molar-refractivity contribution in [3.63, 3.8) is 0 Å². The Balaban J connectivity index is 1.57. The molecule has 0 spiro atoms. The number of hydrogen-bond acceptors (Lipinski definition) is 3. The number of nitrogens with zero attached hydrogens (tertiary/aromatic N) is 2. The van der Waals surface area contributed by atoms with E-state index in [2.05, 4.69) is 35.9 Å². The van der Waals surface area contributed by atoms with Gasteiger partial charge in [0.15, 0.2) is 5.16 Å². The first-order chi connectivity index (χ1) is 10.3. The molecule has 4 rings (SSSR count). The molecule has 104 valence electrons. The quantitative estimate of drug-likeness (QED) is 0.530. The van der Waals surface area contributed by atoms with Gasteiger partial charge in [-0.2, -0.15) is 0 Å². The molecule has 0 unspecified atom stereocenters. The predicted molar refractivity (Wildman–Crippen MR) is 89.4 cm³/mol. The van der Waals surface area contributed by atoms with Crippen LogP contribution in [0.3, 0.4) is 0 Å². The fraction of sp³-hybridized carbons (Fsp3) is 0.0667. The summed E-state index contributed by atoms with van der Waals surface area (Å²) in [5.41, 5.74) is 4.09. The second kappa shape index (κ2) is 5.20. The van der Waals surface area contributed by atoms with Crippen molar-refractivity contribution in [3.8, 4) is 0 Å². The molecule has 2 aromatic carbocycles. The predicted octanol–water partition coefficient (Wildman–Crippen LogP) is 4.49. The van der Waals surface area contributed by atoms with E-state index in [0.717, 1.165) is 43.3 Å². The number of fused-ring (bicyclic) bond motifs is 2. The second-order valence-corrected chi connectivity index (χ2v) is 6.57. The van der Waals surface area contributed by atoms with Crippen molar-refractivity contribution in [2.24, 2.45) is 0 Å². The molecule has 0 aliphatic carbocycles. The Bertz CT molecular complexity index is 895. The summed E-state index contributed by atoms with van der Waals surface area (Å²) >= 11 is 5.11. The molecule has 0 aliphatic rings. The molecule has 0 aliphatic heterocycles. The van der Waals surface area contributed by atoms with Gasteiger partial charge in [0.1, 0.15) is 5.82 Å². The minimum absolute atomic E-state index is 0.760. The summed E-state index contributed by atoms with van der Waals surface area (Å²) in [6.45, 7) is 0. The molecule has 21 heavy (non-hydrogen) atoms. The third-order valence-electron chi connectivity index (χ3n) is 3.21. The number of rotatable bonds is 3. The molecule has 6 heteroatoms. The zero-order chi connectivity index (χ0) is 14.2. The summed E-state index contributed by atoms with van der Waals surface area (Å²) in [4.78, 5) is 15.8. The number of benzene rings is 2. The van der Waals surface area contributed by atoms with Crippen LogP contribution in [0.25, 0.3) is 22.1 Å². The molecule has 4 aromatic rings. The lowest BCUT2D eigenvalue weighted by atomic mass is 10.3. The lowest BCUT2D eigenvalue weighted by Gasteiger charge is -1.93. The molecule has 0 atom stereocenters. The number of hydrogen-bond donors (Lipinski definition) is 2. The standard InChI is InChI=1S/C15H11BrN4S/c16-9-5-6-12-13(7-9)20-15(19-12)21-8-14-17-10-3-1-2-4-11(10)18-14/h1-7H,8H2,(H,17,18)(H,19,20). The van der Waals surface area contributed by atoms with Gasteiger partial charge in [-0.15, -0.1) is 0 Å². The number of para-hydroxylation sites is 2. The first-order valence-electron chi connectivity index (χ1n) is 6.50. The highest BCUT2D eigenvalue weighted by Crippen LogP contribution is 2.24. The topological polar surface area (TPSA) is 57.4 Å². The van der Waals surface area contributed by atoms with Gasteiger partial charge in [-0.3, -0.25) is 0 Å². The van der Waals surface area contributed by atoms with Crippen molar-refractivity contribution in [1.82, 2.24) is 19.9 Å². The van der Waals surface area contributed by atoms with Gasteiger partial charge in [0.05, 0.1) is 27.8 Å². The van der Waals surface area contributed by atoms with E-state index in [4.69, 9.17) is 0 Å². The molecular formula is C15H11BrN4S. The van der Waals surface area contributed by atoms with Crippen LogP contribution in [0, 0.1) is 0 Å². The van der Waals surface area contributed by atoms with E-state index < -0.39 is 0 Å². The zero-order valence-electron chi connectivity index (χ0n) is 10.9. The van der Waals surface area contributed by atoms with Crippen molar-refractivity contribution in [2.45, 2.75) is 10.9 Å². The van der Waals surface area contributed by atoms with E-state index in [0.29, 0.717) is 0 Å². The van der Waals surface area contributed by atoms with Gasteiger partial charge in [0, 0.05) is 4.47 Å². The fourth-order valence-electron chi connectivity index (χ4n) is 2.24. The number of aromatic nitrogens is 4. The van der Waals surface area contributed by atoms with Crippen molar-refractivity contribution >= 4 is 49.8 Å². The Morgan fingerprint density at radius 2 is 1.81 bits per heavy atom. The average Bonchev–Trinajstić information content (AvgIpc) is 3.07. The number of H-pyrrole nitrogens is 2. The Morgan fingerprint density at radius 1 is 0.952 bits per heavy atom. The SMILES string of the molecule is Brc1ccc2nc(SCc3nc4ccccc4[nH]3)[nH]c2c1. The van der Waals surface area contributed by atoms with Crippen molar-refractivity contribution < 1.29 is 0 Å². The van der Waals surface area contributed by atoms with Gasteiger partial charge in [-0.05, 0) is 30.3 Å². The van der Waals surface area contributed by atoms with Crippen molar-refractivity contribution in [3.05, 3.63) is 52.8 Å². The normalized spacial score (nSPS) is 11.5. The molecular weight excluding hydrogens is 348 g/mol. The van der Waals surface area contributed by atoms with Gasteiger partial charge in [-0.25, -0.2) is 9.97 Å². The molecule has 2 N–H and O–H groups in total. The first kappa shape index (κ1) is 12.9. The maximum absolute atomic E-state index is 4.57. The zero-order valence-corrected chi connectivity index (χ0v) is 13.3. The Morgan fingerprint density at radius 3 is 2.71 bits per heavy atom. The van der Waals surface area contributed by atoms with Crippen LogP contribution >= 0.6 is 27.7 Å². The lowest BCUT2D eigenvalue weighted by Crippen LogP contribution is -1.84. The average molecular weight is 359 g/mol. The van der Waals surface area contributed by atoms with Gasteiger partial charge in [-0.1, -0.05) is 39.8 Å². The monoisotopic (exact) mass is 358 g/mol. The number of nitrogens with one attached hydrogen (secondary N) is 2. The molecule has 2 heterocycles. The summed E-state index contributed by atoms with van der Waals surface area (Å²) < 4.78 is 1.05. The minimum Gasteiger partial charge on any atom is -0.341 e. The van der Waals surface area contributed by atoms with Crippen LogP contribution in [0.4, 0.5) is 0 Å². The maximum Gasteiger partial charge on any atom is 0.166 e. The summed E-state index contributed by atoms with van der Waals surface area (Å²) in [6.07, 6.45) is 0. The second-order valence-electron chi connectivity index (χ2n) is 4.69. The number of thioether (sulfide) groups is 1. The molecule has 0 saturated heterocycles. The van der Waals surface area contributed by atoms with Crippen LogP contribution in [0.15, 0.2) is 52.1 Å². The van der Waals surface area contributed by atoms with E-state index in [9.17, 15) is 0 Å². The summed E-state index contributed by atoms with van der Waals surface area (Å²) in [7, 11) is 0. The van der Waals surface area contributed by atoms with Crippen molar-refractivity contribution in [1.29, 1.82) is 0 Å². The van der Waals surface area contributed by atoms with Gasteiger partial charge in [0.2, 0.25) is 0 Å². The highest BCUT2D eigenvalue weighted by Gasteiger charge is 2.06. The van der Waals surface area contributed by atoms with E-state index in [-0.39, 0.29) is 0 Å². The molecule has 0 amide bonds. The fourth-order valence-corrected chi connectivity index (χ4v) is 3.35. The van der Waals surface area contributed by atoms with Crippen LogP contribution in [-0.4, -0.2) is 19.9 Å². The highest BCUT2D eigenvalue weighted by atomic mass is 79.9. The maximum atomic E-state index is 4.57. The highest BCUT2D eigenvalue weighted by molar-refractivity contribution is 9.10. The van der Waals surface area contributed by atoms with Crippen LogP contribution in [0.2, 0.25) is 0 Å². The smallest absolute Gasteiger partial charge is 0.166 e. The van der Waals surface area contributed by atoms with Gasteiger partial charge < -0.3 is 9.97 Å². The minimum atomic E-state index is 0.760. The molecule has 0 saturated carbocycles. The summed E-state index contributed by atoms with van der Waals surface area (Å²) in [5.74, 6) is 1.72. The van der Waals surface area contributed by atoms with Gasteiger partial charge in [0.25, 0.3) is 0 Å². The Labute approximate surface area is 133 Å². The van der Waals surface area contributed by atoms with E-state index in [1.807, 2.05) is 42.5 Å². The third-order valence-corrected chi connectivity index (χ3v) is 4.58. The molecule has 4 nitrogen and oxygen atoms in total. The van der Waals surface area contributed by atoms with Crippen molar-refractivity contribution in [2.75, 3.05) is 0 Å². The molecule has 2 aromatic heterocycles.